The lowest BCUT2D eigenvalue weighted by Crippen LogP contribution is -2.09. The molecule has 0 atom stereocenters. The van der Waals surface area contributed by atoms with Gasteiger partial charge in [0, 0.05) is 11.8 Å². The summed E-state index contributed by atoms with van der Waals surface area (Å²) in [6.45, 7) is 1.88. The SMILES string of the molecule is Cc1cccc(NC(=O)/C=C/c2ccccc2)n1. The molecule has 2 aromatic rings. The zero-order valence-electron chi connectivity index (χ0n) is 10.1. The first-order valence-corrected chi connectivity index (χ1v) is 5.72. The molecule has 0 bridgehead atoms. The second-order valence-corrected chi connectivity index (χ2v) is 3.90. The summed E-state index contributed by atoms with van der Waals surface area (Å²) in [5, 5.41) is 2.72. The largest absolute Gasteiger partial charge is 0.307 e. The van der Waals surface area contributed by atoms with E-state index in [1.165, 1.54) is 6.08 Å². The average Bonchev–Trinajstić information content (AvgIpc) is 2.38. The summed E-state index contributed by atoms with van der Waals surface area (Å²) in [5.74, 6) is 0.384. The highest BCUT2D eigenvalue weighted by Gasteiger charge is 1.98. The molecule has 0 unspecified atom stereocenters. The molecule has 0 saturated heterocycles. The van der Waals surface area contributed by atoms with Crippen LogP contribution in [0.25, 0.3) is 6.08 Å². The number of carbonyl (C=O) groups is 1. The van der Waals surface area contributed by atoms with Crippen LogP contribution >= 0.6 is 0 Å². The van der Waals surface area contributed by atoms with Crippen LogP contribution in [0, 0.1) is 6.92 Å². The molecular formula is C15H14N2O. The van der Waals surface area contributed by atoms with Crippen LogP contribution in [0.4, 0.5) is 5.82 Å². The molecular weight excluding hydrogens is 224 g/mol. The molecule has 0 aliphatic carbocycles. The summed E-state index contributed by atoms with van der Waals surface area (Å²) >= 11 is 0. The molecule has 1 heterocycles. The van der Waals surface area contributed by atoms with Gasteiger partial charge in [-0.05, 0) is 30.7 Å². The molecule has 0 fully saturated rings. The Morgan fingerprint density at radius 2 is 1.89 bits per heavy atom. The number of amides is 1. The number of anilines is 1. The minimum absolute atomic E-state index is 0.183. The maximum atomic E-state index is 11.7. The van der Waals surface area contributed by atoms with Crippen molar-refractivity contribution in [3.63, 3.8) is 0 Å². The molecule has 2 rings (SSSR count). The van der Waals surface area contributed by atoms with Crippen LogP contribution in [0.15, 0.2) is 54.6 Å². The lowest BCUT2D eigenvalue weighted by molar-refractivity contribution is -0.111. The van der Waals surface area contributed by atoms with Crippen LogP contribution in [0.3, 0.4) is 0 Å². The zero-order chi connectivity index (χ0) is 12.8. The first-order chi connectivity index (χ1) is 8.74. The Balaban J connectivity index is 1.99. The van der Waals surface area contributed by atoms with Gasteiger partial charge in [-0.3, -0.25) is 4.79 Å². The Labute approximate surface area is 106 Å². The highest BCUT2D eigenvalue weighted by Crippen LogP contribution is 2.05. The number of rotatable bonds is 3. The Morgan fingerprint density at radius 1 is 1.11 bits per heavy atom. The van der Waals surface area contributed by atoms with Crippen LogP contribution < -0.4 is 5.32 Å². The van der Waals surface area contributed by atoms with Crippen molar-refractivity contribution in [2.45, 2.75) is 6.92 Å². The van der Waals surface area contributed by atoms with Gasteiger partial charge in [-0.1, -0.05) is 36.4 Å². The van der Waals surface area contributed by atoms with Crippen molar-refractivity contribution in [2.75, 3.05) is 5.32 Å². The highest BCUT2D eigenvalue weighted by atomic mass is 16.1. The minimum Gasteiger partial charge on any atom is -0.307 e. The van der Waals surface area contributed by atoms with Crippen molar-refractivity contribution >= 4 is 17.8 Å². The topological polar surface area (TPSA) is 42.0 Å². The fraction of sp³-hybridized carbons (Fsp3) is 0.0667. The van der Waals surface area contributed by atoms with E-state index in [9.17, 15) is 4.79 Å². The van der Waals surface area contributed by atoms with Crippen molar-refractivity contribution in [3.8, 4) is 0 Å². The number of hydrogen-bond acceptors (Lipinski definition) is 2. The Morgan fingerprint density at radius 3 is 2.61 bits per heavy atom. The number of pyridine rings is 1. The van der Waals surface area contributed by atoms with Crippen molar-refractivity contribution < 1.29 is 4.79 Å². The van der Waals surface area contributed by atoms with Crippen molar-refractivity contribution in [3.05, 3.63) is 65.9 Å². The lowest BCUT2D eigenvalue weighted by Gasteiger charge is -2.01. The Hall–Kier alpha value is -2.42. The van der Waals surface area contributed by atoms with E-state index in [4.69, 9.17) is 0 Å². The average molecular weight is 238 g/mol. The summed E-state index contributed by atoms with van der Waals surface area (Å²) in [7, 11) is 0. The standard InChI is InChI=1S/C15H14N2O/c1-12-6-5-9-14(16-12)17-15(18)11-10-13-7-3-2-4-8-13/h2-11H,1H3,(H,16,17,18)/b11-10+. The molecule has 0 aliphatic rings. The number of aromatic nitrogens is 1. The summed E-state index contributed by atoms with van der Waals surface area (Å²) in [6, 6.07) is 15.2. The molecule has 1 aromatic heterocycles. The van der Waals surface area contributed by atoms with E-state index in [1.54, 1.807) is 12.1 Å². The predicted octanol–water partition coefficient (Wildman–Crippen LogP) is 3.04. The molecule has 1 N–H and O–H groups in total. The molecule has 0 aliphatic heterocycles. The molecule has 90 valence electrons. The van der Waals surface area contributed by atoms with E-state index >= 15 is 0 Å². The fourth-order valence-corrected chi connectivity index (χ4v) is 1.52. The highest BCUT2D eigenvalue weighted by molar-refractivity contribution is 6.01. The number of nitrogens with one attached hydrogen (secondary N) is 1. The Kier molecular flexibility index (Phi) is 3.86. The van der Waals surface area contributed by atoms with E-state index in [0.717, 1.165) is 11.3 Å². The molecule has 3 heteroatoms. The maximum Gasteiger partial charge on any atom is 0.249 e. The summed E-state index contributed by atoms with van der Waals surface area (Å²) in [5.41, 5.74) is 1.87. The van der Waals surface area contributed by atoms with Crippen LogP contribution in [-0.4, -0.2) is 10.9 Å². The third-order valence-electron chi connectivity index (χ3n) is 2.37. The van der Waals surface area contributed by atoms with Gasteiger partial charge >= 0.3 is 0 Å². The third-order valence-corrected chi connectivity index (χ3v) is 2.37. The molecule has 18 heavy (non-hydrogen) atoms. The van der Waals surface area contributed by atoms with Gasteiger partial charge in [0.1, 0.15) is 5.82 Å². The van der Waals surface area contributed by atoms with E-state index in [-0.39, 0.29) is 5.91 Å². The number of nitrogens with zero attached hydrogens (tertiary/aromatic N) is 1. The maximum absolute atomic E-state index is 11.7. The smallest absolute Gasteiger partial charge is 0.249 e. The van der Waals surface area contributed by atoms with E-state index in [2.05, 4.69) is 10.3 Å². The van der Waals surface area contributed by atoms with E-state index < -0.39 is 0 Å². The monoisotopic (exact) mass is 238 g/mol. The second-order valence-electron chi connectivity index (χ2n) is 3.90. The normalized spacial score (nSPS) is 10.5. The number of carbonyl (C=O) groups excluding carboxylic acids is 1. The summed E-state index contributed by atoms with van der Waals surface area (Å²) in [6.07, 6.45) is 3.27. The number of benzene rings is 1. The first-order valence-electron chi connectivity index (χ1n) is 5.72. The van der Waals surface area contributed by atoms with Crippen molar-refractivity contribution in [1.82, 2.24) is 4.98 Å². The number of aryl methyl sites for hydroxylation is 1. The van der Waals surface area contributed by atoms with Crippen LogP contribution in [0.5, 0.6) is 0 Å². The molecule has 0 spiro atoms. The van der Waals surface area contributed by atoms with Gasteiger partial charge in [0.15, 0.2) is 0 Å². The van der Waals surface area contributed by atoms with Gasteiger partial charge in [-0.25, -0.2) is 4.98 Å². The Bertz CT molecular complexity index is 562. The van der Waals surface area contributed by atoms with Gasteiger partial charge in [-0.15, -0.1) is 0 Å². The van der Waals surface area contributed by atoms with E-state index in [0.29, 0.717) is 5.82 Å². The quantitative estimate of drug-likeness (QED) is 0.835. The van der Waals surface area contributed by atoms with Crippen LogP contribution in [0.2, 0.25) is 0 Å². The third kappa shape index (κ3) is 3.56. The lowest BCUT2D eigenvalue weighted by atomic mass is 10.2. The molecule has 0 saturated carbocycles. The minimum atomic E-state index is -0.183. The zero-order valence-corrected chi connectivity index (χ0v) is 10.1. The fourth-order valence-electron chi connectivity index (χ4n) is 1.52. The van der Waals surface area contributed by atoms with Crippen LogP contribution in [0.1, 0.15) is 11.3 Å². The summed E-state index contributed by atoms with van der Waals surface area (Å²) in [4.78, 5) is 15.9. The molecule has 1 amide bonds. The van der Waals surface area contributed by atoms with Crippen LogP contribution in [-0.2, 0) is 4.79 Å². The first kappa shape index (κ1) is 12.0. The molecule has 1 aromatic carbocycles. The number of hydrogen-bond donors (Lipinski definition) is 1. The summed E-state index contributed by atoms with van der Waals surface area (Å²) < 4.78 is 0. The molecule has 3 nitrogen and oxygen atoms in total. The molecule has 0 radical (unpaired) electrons. The van der Waals surface area contributed by atoms with Gasteiger partial charge in [-0.2, -0.15) is 0 Å². The van der Waals surface area contributed by atoms with Gasteiger partial charge < -0.3 is 5.32 Å². The van der Waals surface area contributed by atoms with Crippen molar-refractivity contribution in [1.29, 1.82) is 0 Å². The second kappa shape index (κ2) is 5.77. The van der Waals surface area contributed by atoms with Crippen molar-refractivity contribution in [2.24, 2.45) is 0 Å². The van der Waals surface area contributed by atoms with Gasteiger partial charge in [0.05, 0.1) is 0 Å². The van der Waals surface area contributed by atoms with Gasteiger partial charge in [0.2, 0.25) is 5.91 Å². The predicted molar refractivity (Wildman–Crippen MR) is 73.1 cm³/mol. The van der Waals surface area contributed by atoms with Gasteiger partial charge in [0.25, 0.3) is 0 Å². The van der Waals surface area contributed by atoms with E-state index in [1.807, 2.05) is 49.4 Å².